The minimum atomic E-state index is -3.19. The number of hydrogen-bond donors (Lipinski definition) is 0. The van der Waals surface area contributed by atoms with Crippen LogP contribution >= 0.6 is 0 Å². The maximum atomic E-state index is 6.78. The summed E-state index contributed by atoms with van der Waals surface area (Å²) in [5, 5.41) is 0.385. The van der Waals surface area contributed by atoms with Crippen LogP contribution in [-0.2, 0) is 11.1 Å². The molecule has 9 heteroatoms. The summed E-state index contributed by atoms with van der Waals surface area (Å²) in [6.07, 6.45) is 0. The first-order valence-electron chi connectivity index (χ1n) is 10.1. The second kappa shape index (κ2) is 8.91. The second-order valence-corrected chi connectivity index (χ2v) is 49.2. The molecule has 0 rings (SSSR count). The Hall–Kier alpha value is 2.09. The summed E-state index contributed by atoms with van der Waals surface area (Å²) in [5.74, 6) is 0. The Balaban J connectivity index is 5.26. The molecule has 0 aromatic heterocycles. The van der Waals surface area contributed by atoms with Crippen LogP contribution in [-0.4, -0.2) is 63.6 Å². The van der Waals surface area contributed by atoms with Crippen LogP contribution < -0.4 is 0 Å². The van der Waals surface area contributed by atoms with Crippen molar-refractivity contribution in [2.75, 3.05) is 0 Å². The van der Waals surface area contributed by atoms with Crippen LogP contribution in [0.1, 0.15) is 41.5 Å². The third kappa shape index (κ3) is 9.83. The van der Waals surface area contributed by atoms with Gasteiger partial charge in [-0.3, -0.25) is 0 Å². The zero-order valence-electron chi connectivity index (χ0n) is 21.1. The summed E-state index contributed by atoms with van der Waals surface area (Å²) < 4.78 is 27.0. The fraction of sp³-hybridized carbons (Fsp3) is 1.00. The normalized spacial score (nSPS) is 16.0. The van der Waals surface area contributed by atoms with E-state index >= 15 is 0 Å². The van der Waals surface area contributed by atoms with Crippen molar-refractivity contribution in [3.63, 3.8) is 0 Å². The Morgan fingerprint density at radius 1 is 0.556 bits per heavy atom. The van der Waals surface area contributed by atoms with E-state index in [2.05, 4.69) is 101 Å². The molecule has 0 aromatic rings. The molecule has 0 atom stereocenters. The Kier molecular flexibility index (Phi) is 9.60. The molecule has 0 aliphatic heterocycles. The fourth-order valence-corrected chi connectivity index (χ4v) is 67.8. The summed E-state index contributed by atoms with van der Waals surface area (Å²) in [7, 11) is -5.94. The van der Waals surface area contributed by atoms with Crippen LogP contribution in [0.4, 0.5) is 0 Å². The van der Waals surface area contributed by atoms with Crippen LogP contribution in [0.2, 0.25) is 69.1 Å². The van der Waals surface area contributed by atoms with Crippen LogP contribution in [0.15, 0.2) is 0 Å². The molecule has 164 valence electrons. The van der Waals surface area contributed by atoms with Gasteiger partial charge in [-0.15, -0.1) is 0 Å². The molecule has 0 amide bonds. The van der Waals surface area contributed by atoms with Crippen molar-refractivity contribution in [1.82, 2.24) is 0 Å². The van der Waals surface area contributed by atoms with Gasteiger partial charge in [0.1, 0.15) is 0 Å². The zero-order chi connectivity index (χ0) is 22.3. The van der Waals surface area contributed by atoms with Crippen molar-refractivity contribution in [2.45, 2.75) is 111 Å². The van der Waals surface area contributed by atoms with Crippen LogP contribution in [0.5, 0.6) is 0 Å². The van der Waals surface area contributed by atoms with Crippen LogP contribution in [0.3, 0.4) is 0 Å². The Morgan fingerprint density at radius 3 is 1.22 bits per heavy atom. The van der Waals surface area contributed by atoms with E-state index in [-0.39, 0.29) is 10.1 Å². The van der Waals surface area contributed by atoms with Crippen LogP contribution in [0, 0.1) is 0 Å². The van der Waals surface area contributed by atoms with E-state index in [1.54, 1.807) is 0 Å². The number of rotatable bonds is 8. The SMILES string of the molecule is CC(C)(C)[Si](C)(C)O[Si](C)(C)[O][Sn]([CH3])([CH3])[O][Sn]([CH3])([CH3])[O][Si](C)(C)C(C)(C)C. The molecule has 0 unspecified atom stereocenters. The standard InChI is InChI=1S/C8H21O2Si2.C6H15OSi.4CH3.O.2Sn/c1-8(2,3)11(4,5)10-12(6,7)9;1-6(2,3)8(4,5)7;;;;;;;/h1-7H3;1-5H3;4*1H3;;;/q2*-1;;;;;;2*+1. The second-order valence-electron chi connectivity index (χ2n) is 12.1. The molecule has 27 heavy (non-hydrogen) atoms. The quantitative estimate of drug-likeness (QED) is 0.261. The predicted octanol–water partition coefficient (Wildman–Crippen LogP) is 7.17. The van der Waals surface area contributed by atoms with Gasteiger partial charge in [0.2, 0.25) is 0 Å². The van der Waals surface area contributed by atoms with Gasteiger partial charge in [0.05, 0.1) is 0 Å². The van der Waals surface area contributed by atoms with Gasteiger partial charge < -0.3 is 0 Å². The van der Waals surface area contributed by atoms with Gasteiger partial charge in [-0.2, -0.15) is 0 Å². The van der Waals surface area contributed by atoms with Crippen molar-refractivity contribution in [1.29, 1.82) is 0 Å². The summed E-state index contributed by atoms with van der Waals surface area (Å²) >= 11 is -6.29. The molecule has 0 heterocycles. The van der Waals surface area contributed by atoms with Gasteiger partial charge in [-0.05, 0) is 0 Å². The molecule has 0 bridgehead atoms. The van der Waals surface area contributed by atoms with Gasteiger partial charge in [0, 0.05) is 0 Å². The van der Waals surface area contributed by atoms with E-state index in [1.165, 1.54) is 0 Å². The molecular weight excluding hydrogens is 602 g/mol. The first kappa shape index (κ1) is 29.1. The summed E-state index contributed by atoms with van der Waals surface area (Å²) in [6, 6.07) is 0. The molecular formula is C18H48O4Si3Sn2. The van der Waals surface area contributed by atoms with E-state index in [1.807, 2.05) is 0 Å². The van der Waals surface area contributed by atoms with Crippen molar-refractivity contribution < 1.29 is 11.1 Å². The van der Waals surface area contributed by atoms with E-state index in [0.29, 0.717) is 0 Å². The van der Waals surface area contributed by atoms with Crippen molar-refractivity contribution in [2.24, 2.45) is 0 Å². The van der Waals surface area contributed by atoms with E-state index in [9.17, 15) is 0 Å². The summed E-state index contributed by atoms with van der Waals surface area (Å²) in [5.41, 5.74) is 0. The maximum absolute atomic E-state index is 6.78. The molecule has 0 aromatic carbocycles. The van der Waals surface area contributed by atoms with Crippen molar-refractivity contribution in [3.8, 4) is 0 Å². The molecule has 0 fully saturated rings. The molecule has 0 radical (unpaired) electrons. The third-order valence-electron chi connectivity index (χ3n) is 5.60. The van der Waals surface area contributed by atoms with E-state index in [4.69, 9.17) is 11.1 Å². The topological polar surface area (TPSA) is 36.9 Å². The Labute approximate surface area is 183 Å². The Bertz CT molecular complexity index is 464. The molecule has 4 nitrogen and oxygen atoms in total. The van der Waals surface area contributed by atoms with Gasteiger partial charge in [-0.25, -0.2) is 0 Å². The fourth-order valence-electron chi connectivity index (χ4n) is 2.78. The van der Waals surface area contributed by atoms with E-state index in [0.717, 1.165) is 0 Å². The molecule has 0 aliphatic carbocycles. The zero-order valence-corrected chi connectivity index (χ0v) is 29.8. The van der Waals surface area contributed by atoms with Crippen molar-refractivity contribution >= 4 is 63.6 Å². The Morgan fingerprint density at radius 2 is 0.889 bits per heavy atom. The van der Waals surface area contributed by atoms with Gasteiger partial charge >= 0.3 is 185 Å². The number of hydrogen-bond acceptors (Lipinski definition) is 4. The van der Waals surface area contributed by atoms with Gasteiger partial charge in [0.25, 0.3) is 0 Å². The van der Waals surface area contributed by atoms with Crippen LogP contribution in [0.25, 0.3) is 0 Å². The molecule has 0 aliphatic rings. The average Bonchev–Trinajstić information content (AvgIpc) is 2.16. The van der Waals surface area contributed by atoms with Crippen molar-refractivity contribution in [3.05, 3.63) is 0 Å². The molecule has 0 spiro atoms. The third-order valence-corrected chi connectivity index (χ3v) is 57.4. The summed E-state index contributed by atoms with van der Waals surface area (Å²) in [6.45, 7) is 27.3. The average molecular weight is 650 g/mol. The molecule has 0 N–H and O–H groups in total. The van der Waals surface area contributed by atoms with E-state index < -0.39 is 63.6 Å². The first-order chi connectivity index (χ1) is 11.3. The van der Waals surface area contributed by atoms with Gasteiger partial charge in [0.15, 0.2) is 0 Å². The van der Waals surface area contributed by atoms with Gasteiger partial charge in [-0.1, -0.05) is 0 Å². The predicted molar refractivity (Wildman–Crippen MR) is 131 cm³/mol. The first-order valence-corrected chi connectivity index (χ1v) is 34.8. The monoisotopic (exact) mass is 652 g/mol. The summed E-state index contributed by atoms with van der Waals surface area (Å²) in [4.78, 5) is 8.96. The molecule has 0 saturated heterocycles. The minimum absolute atomic E-state index is 0.186. The molecule has 0 saturated carbocycles.